The molecule has 4 heteroatoms. The summed E-state index contributed by atoms with van der Waals surface area (Å²) in [6, 6.07) is 10.6. The lowest BCUT2D eigenvalue weighted by atomic mass is 9.91. The van der Waals surface area contributed by atoms with Crippen LogP contribution in [-0.4, -0.2) is 33.8 Å². The molecular weight excluding hydrogens is 260 g/mol. The molecule has 0 aliphatic carbocycles. The lowest BCUT2D eigenvalue weighted by Gasteiger charge is -2.33. The van der Waals surface area contributed by atoms with E-state index in [4.69, 9.17) is 5.73 Å². The molecule has 0 bridgehead atoms. The molecule has 1 aliphatic heterocycles. The fourth-order valence-corrected chi connectivity index (χ4v) is 3.06. The molecule has 1 fully saturated rings. The van der Waals surface area contributed by atoms with Crippen LogP contribution in [0.5, 0.6) is 0 Å². The van der Waals surface area contributed by atoms with Crippen LogP contribution in [0.1, 0.15) is 25.3 Å². The van der Waals surface area contributed by atoms with Crippen LogP contribution in [0.15, 0.2) is 42.7 Å². The van der Waals surface area contributed by atoms with Gasteiger partial charge in [-0.1, -0.05) is 18.2 Å². The highest BCUT2D eigenvalue weighted by atomic mass is 15.3. The van der Waals surface area contributed by atoms with Crippen LogP contribution in [0.3, 0.4) is 0 Å². The summed E-state index contributed by atoms with van der Waals surface area (Å²) in [6.07, 6.45) is 6.53. The van der Waals surface area contributed by atoms with Crippen molar-refractivity contribution in [2.75, 3.05) is 13.1 Å². The number of hydrogen-bond donors (Lipinski definition) is 1. The molecule has 0 spiro atoms. The van der Waals surface area contributed by atoms with Gasteiger partial charge in [-0.25, -0.2) is 4.68 Å². The van der Waals surface area contributed by atoms with Crippen LogP contribution >= 0.6 is 0 Å². The number of likely N-dealkylation sites (tertiary alicyclic amines) is 1. The summed E-state index contributed by atoms with van der Waals surface area (Å²) in [7, 11) is 0. The van der Waals surface area contributed by atoms with E-state index in [1.165, 1.54) is 18.4 Å². The van der Waals surface area contributed by atoms with E-state index in [0.29, 0.717) is 12.0 Å². The molecule has 1 saturated heterocycles. The molecule has 4 nitrogen and oxygen atoms in total. The minimum Gasteiger partial charge on any atom is -0.328 e. The highest BCUT2D eigenvalue weighted by Gasteiger charge is 2.21. The molecule has 1 aliphatic rings. The maximum absolute atomic E-state index is 6.00. The molecule has 21 heavy (non-hydrogen) atoms. The van der Waals surface area contributed by atoms with E-state index in [9.17, 15) is 0 Å². The highest BCUT2D eigenvalue weighted by Crippen LogP contribution is 2.21. The number of nitrogens with zero attached hydrogens (tertiary/aromatic N) is 3. The maximum atomic E-state index is 6.00. The quantitative estimate of drug-likeness (QED) is 0.938. The minimum absolute atomic E-state index is 0.327. The molecule has 0 saturated carbocycles. The van der Waals surface area contributed by atoms with Crippen molar-refractivity contribution in [3.8, 4) is 5.69 Å². The van der Waals surface area contributed by atoms with Gasteiger partial charge in [-0.05, 0) is 50.9 Å². The van der Waals surface area contributed by atoms with Crippen LogP contribution in [0.25, 0.3) is 5.69 Å². The van der Waals surface area contributed by atoms with Gasteiger partial charge in [0, 0.05) is 24.3 Å². The van der Waals surface area contributed by atoms with Gasteiger partial charge in [0.2, 0.25) is 0 Å². The average molecular weight is 284 g/mol. The number of hydrogen-bond acceptors (Lipinski definition) is 3. The van der Waals surface area contributed by atoms with Gasteiger partial charge < -0.3 is 5.73 Å². The minimum atomic E-state index is 0.327. The molecule has 112 valence electrons. The van der Waals surface area contributed by atoms with Crippen molar-refractivity contribution in [2.45, 2.75) is 32.4 Å². The fourth-order valence-electron chi connectivity index (χ4n) is 3.06. The maximum Gasteiger partial charge on any atom is 0.0645 e. The standard InChI is InChI=1S/C17H24N4/c1-14(18)16-7-9-20(10-8-16)12-15-11-19-21(13-15)17-5-3-2-4-6-17/h2-6,11,13-14,16H,7-10,12,18H2,1H3. The van der Waals surface area contributed by atoms with Crippen molar-refractivity contribution in [1.82, 2.24) is 14.7 Å². The summed E-state index contributed by atoms with van der Waals surface area (Å²) < 4.78 is 1.95. The second-order valence-corrected chi connectivity index (χ2v) is 6.10. The Labute approximate surface area is 126 Å². The topological polar surface area (TPSA) is 47.1 Å². The Morgan fingerprint density at radius 3 is 2.62 bits per heavy atom. The Bertz CT molecular complexity index is 553. The van der Waals surface area contributed by atoms with Crippen molar-refractivity contribution in [3.05, 3.63) is 48.3 Å². The molecule has 0 radical (unpaired) electrons. The number of piperidine rings is 1. The molecule has 2 heterocycles. The zero-order valence-corrected chi connectivity index (χ0v) is 12.7. The molecule has 3 rings (SSSR count). The Hall–Kier alpha value is -1.65. The monoisotopic (exact) mass is 284 g/mol. The second-order valence-electron chi connectivity index (χ2n) is 6.10. The summed E-state index contributed by atoms with van der Waals surface area (Å²) in [4.78, 5) is 2.51. The van der Waals surface area contributed by atoms with Crippen LogP contribution in [-0.2, 0) is 6.54 Å². The van der Waals surface area contributed by atoms with Gasteiger partial charge in [-0.2, -0.15) is 5.10 Å². The first-order chi connectivity index (χ1) is 10.2. The summed E-state index contributed by atoms with van der Waals surface area (Å²) in [6.45, 7) is 5.40. The predicted molar refractivity (Wildman–Crippen MR) is 85.2 cm³/mol. The third kappa shape index (κ3) is 3.52. The summed E-state index contributed by atoms with van der Waals surface area (Å²) >= 11 is 0. The van der Waals surface area contributed by atoms with Crippen molar-refractivity contribution in [3.63, 3.8) is 0 Å². The normalized spacial score (nSPS) is 18.8. The summed E-state index contributed by atoms with van der Waals surface area (Å²) in [5, 5.41) is 4.47. The van der Waals surface area contributed by atoms with Crippen molar-refractivity contribution >= 4 is 0 Å². The fraction of sp³-hybridized carbons (Fsp3) is 0.471. The summed E-state index contributed by atoms with van der Waals surface area (Å²) in [5.41, 5.74) is 8.39. The lowest BCUT2D eigenvalue weighted by Crippen LogP contribution is -2.39. The van der Waals surface area contributed by atoms with Crippen LogP contribution in [0.4, 0.5) is 0 Å². The van der Waals surface area contributed by atoms with Gasteiger partial charge >= 0.3 is 0 Å². The van der Waals surface area contributed by atoms with E-state index in [1.54, 1.807) is 0 Å². The molecule has 1 aromatic carbocycles. The van der Waals surface area contributed by atoms with Gasteiger partial charge in [0.25, 0.3) is 0 Å². The lowest BCUT2D eigenvalue weighted by molar-refractivity contribution is 0.166. The van der Waals surface area contributed by atoms with Gasteiger partial charge in [0.1, 0.15) is 0 Å². The summed E-state index contributed by atoms with van der Waals surface area (Å²) in [5.74, 6) is 0.688. The molecule has 0 amide bonds. The number of aromatic nitrogens is 2. The van der Waals surface area contributed by atoms with Crippen LogP contribution in [0.2, 0.25) is 0 Å². The van der Waals surface area contributed by atoms with E-state index in [2.05, 4.69) is 35.3 Å². The number of rotatable bonds is 4. The van der Waals surface area contributed by atoms with Crippen LogP contribution < -0.4 is 5.73 Å². The van der Waals surface area contributed by atoms with E-state index in [0.717, 1.165) is 25.3 Å². The Kier molecular flexibility index (Phi) is 4.36. The Balaban J connectivity index is 1.59. The first-order valence-electron chi connectivity index (χ1n) is 7.79. The zero-order chi connectivity index (χ0) is 14.7. The van der Waals surface area contributed by atoms with E-state index in [-0.39, 0.29) is 0 Å². The van der Waals surface area contributed by atoms with E-state index >= 15 is 0 Å². The average Bonchev–Trinajstić information content (AvgIpc) is 2.97. The number of benzene rings is 1. The van der Waals surface area contributed by atoms with Crippen molar-refractivity contribution < 1.29 is 0 Å². The van der Waals surface area contributed by atoms with E-state index < -0.39 is 0 Å². The molecule has 1 unspecified atom stereocenters. The third-order valence-corrected chi connectivity index (χ3v) is 4.44. The van der Waals surface area contributed by atoms with Crippen molar-refractivity contribution in [1.29, 1.82) is 0 Å². The smallest absolute Gasteiger partial charge is 0.0645 e. The number of para-hydroxylation sites is 1. The number of nitrogens with two attached hydrogens (primary N) is 1. The molecule has 1 aromatic heterocycles. The zero-order valence-electron chi connectivity index (χ0n) is 12.7. The SMILES string of the molecule is CC(N)C1CCN(Cc2cnn(-c3ccccc3)c2)CC1. The first-order valence-corrected chi connectivity index (χ1v) is 7.79. The van der Waals surface area contributed by atoms with Crippen molar-refractivity contribution in [2.24, 2.45) is 11.7 Å². The largest absolute Gasteiger partial charge is 0.328 e. The van der Waals surface area contributed by atoms with E-state index in [1.807, 2.05) is 29.1 Å². The Morgan fingerprint density at radius 2 is 1.95 bits per heavy atom. The molecule has 1 atom stereocenters. The van der Waals surface area contributed by atoms with Gasteiger partial charge in [0.15, 0.2) is 0 Å². The van der Waals surface area contributed by atoms with Gasteiger partial charge in [-0.3, -0.25) is 4.90 Å². The van der Waals surface area contributed by atoms with Gasteiger partial charge in [-0.15, -0.1) is 0 Å². The van der Waals surface area contributed by atoms with Crippen LogP contribution in [0, 0.1) is 5.92 Å². The third-order valence-electron chi connectivity index (χ3n) is 4.44. The Morgan fingerprint density at radius 1 is 1.24 bits per heavy atom. The molecule has 2 aromatic rings. The van der Waals surface area contributed by atoms with Gasteiger partial charge in [0.05, 0.1) is 11.9 Å². The predicted octanol–water partition coefficient (Wildman–Crippen LogP) is 2.43. The molecule has 2 N–H and O–H groups in total. The highest BCUT2D eigenvalue weighted by molar-refractivity contribution is 5.30. The molecular formula is C17H24N4. The second kappa shape index (κ2) is 6.41. The first kappa shape index (κ1) is 14.3.